The Kier molecular flexibility index (Phi) is 7.76. The third-order valence-corrected chi connectivity index (χ3v) is 4.49. The van der Waals surface area contributed by atoms with E-state index in [1.165, 1.54) is 33.1 Å². The summed E-state index contributed by atoms with van der Waals surface area (Å²) in [5.41, 5.74) is 0. The van der Waals surface area contributed by atoms with Crippen molar-refractivity contribution < 1.29 is 23.8 Å². The third-order valence-electron chi connectivity index (χ3n) is 3.09. The molecule has 0 aliphatic rings. The topological polar surface area (TPSA) is 99.6 Å². The van der Waals surface area contributed by atoms with Crippen LogP contribution in [-0.2, 0) is 14.3 Å². The van der Waals surface area contributed by atoms with E-state index >= 15 is 0 Å². The maximum atomic E-state index is 12.5. The Hall–Kier alpha value is -2.03. The van der Waals surface area contributed by atoms with E-state index in [0.717, 1.165) is 0 Å². The molecule has 0 aliphatic carbocycles. The van der Waals surface area contributed by atoms with E-state index in [2.05, 4.69) is 20.0 Å². The SMILES string of the molecule is COC(=O)[C@H](C)NC(=O)C(Sc1nc(OC)cc(OC)n1)C(C)C. The van der Waals surface area contributed by atoms with E-state index in [0.29, 0.717) is 16.9 Å². The minimum atomic E-state index is -0.731. The second-order valence-corrected chi connectivity index (χ2v) is 6.38. The molecule has 0 fully saturated rings. The summed E-state index contributed by atoms with van der Waals surface area (Å²) in [6.07, 6.45) is 0. The van der Waals surface area contributed by atoms with Gasteiger partial charge in [-0.05, 0) is 12.8 Å². The van der Waals surface area contributed by atoms with Crippen LogP contribution >= 0.6 is 11.8 Å². The zero-order valence-corrected chi connectivity index (χ0v) is 15.5. The van der Waals surface area contributed by atoms with Crippen molar-refractivity contribution in [3.63, 3.8) is 0 Å². The highest BCUT2D eigenvalue weighted by molar-refractivity contribution is 8.00. The smallest absolute Gasteiger partial charge is 0.328 e. The number of nitrogens with one attached hydrogen (secondary N) is 1. The van der Waals surface area contributed by atoms with Gasteiger partial charge in [-0.3, -0.25) is 4.79 Å². The van der Waals surface area contributed by atoms with Crippen molar-refractivity contribution >= 4 is 23.6 Å². The third kappa shape index (κ3) is 5.55. The molecule has 1 rings (SSSR count). The van der Waals surface area contributed by atoms with Crippen LogP contribution in [0.3, 0.4) is 0 Å². The average molecular weight is 357 g/mol. The highest BCUT2D eigenvalue weighted by Gasteiger charge is 2.28. The van der Waals surface area contributed by atoms with Gasteiger partial charge in [-0.15, -0.1) is 0 Å². The van der Waals surface area contributed by atoms with E-state index in [1.807, 2.05) is 13.8 Å². The summed E-state index contributed by atoms with van der Waals surface area (Å²) in [5, 5.41) is 2.50. The van der Waals surface area contributed by atoms with Gasteiger partial charge in [0.1, 0.15) is 6.04 Å². The summed E-state index contributed by atoms with van der Waals surface area (Å²) in [7, 11) is 4.25. The number of nitrogens with zero attached hydrogens (tertiary/aromatic N) is 2. The normalized spacial score (nSPS) is 13.1. The van der Waals surface area contributed by atoms with Crippen molar-refractivity contribution in [2.45, 2.75) is 37.2 Å². The summed E-state index contributed by atoms with van der Waals surface area (Å²) in [4.78, 5) is 32.4. The molecule has 1 heterocycles. The molecule has 0 saturated carbocycles. The first-order valence-corrected chi connectivity index (χ1v) is 8.22. The molecule has 1 aromatic heterocycles. The molecule has 24 heavy (non-hydrogen) atoms. The quantitative estimate of drug-likeness (QED) is 0.422. The maximum absolute atomic E-state index is 12.5. The highest BCUT2D eigenvalue weighted by atomic mass is 32.2. The Balaban J connectivity index is 2.93. The minimum Gasteiger partial charge on any atom is -0.481 e. The van der Waals surface area contributed by atoms with Gasteiger partial charge in [0, 0.05) is 0 Å². The van der Waals surface area contributed by atoms with E-state index < -0.39 is 17.3 Å². The standard InChI is InChI=1S/C15H23N3O5S/c1-8(2)12(13(19)16-9(3)14(20)23-6)24-15-17-10(21-4)7-11(18-15)22-5/h7-9,12H,1-6H3,(H,16,19)/t9-,12?/m0/s1. The van der Waals surface area contributed by atoms with E-state index in [4.69, 9.17) is 9.47 Å². The van der Waals surface area contributed by atoms with Crippen molar-refractivity contribution in [2.75, 3.05) is 21.3 Å². The van der Waals surface area contributed by atoms with Crippen LogP contribution in [0, 0.1) is 5.92 Å². The lowest BCUT2D eigenvalue weighted by molar-refractivity contribution is -0.144. The molecule has 0 radical (unpaired) electrons. The van der Waals surface area contributed by atoms with Crippen LogP contribution in [0.5, 0.6) is 11.8 Å². The highest BCUT2D eigenvalue weighted by Crippen LogP contribution is 2.29. The lowest BCUT2D eigenvalue weighted by Gasteiger charge is -2.21. The Labute approximate surface area is 145 Å². The molecule has 134 valence electrons. The van der Waals surface area contributed by atoms with Gasteiger partial charge in [-0.2, -0.15) is 9.97 Å². The van der Waals surface area contributed by atoms with Gasteiger partial charge in [0.05, 0.1) is 32.6 Å². The van der Waals surface area contributed by atoms with E-state index in [9.17, 15) is 9.59 Å². The van der Waals surface area contributed by atoms with Crippen LogP contribution in [0.15, 0.2) is 11.2 Å². The number of carbonyl (C=O) groups excluding carboxylic acids is 2. The molecule has 0 bridgehead atoms. The summed E-state index contributed by atoms with van der Waals surface area (Å²) < 4.78 is 14.8. The Morgan fingerprint density at radius 3 is 2.04 bits per heavy atom. The number of ether oxygens (including phenoxy) is 3. The molecule has 0 aliphatic heterocycles. The molecule has 1 N–H and O–H groups in total. The molecule has 1 unspecified atom stereocenters. The number of amides is 1. The summed E-state index contributed by atoms with van der Waals surface area (Å²) in [6, 6.07) is 0.818. The van der Waals surface area contributed by atoms with Gasteiger partial charge in [0.15, 0.2) is 5.16 Å². The van der Waals surface area contributed by atoms with Gasteiger partial charge in [-0.25, -0.2) is 4.79 Å². The zero-order valence-electron chi connectivity index (χ0n) is 14.7. The lowest BCUT2D eigenvalue weighted by atomic mass is 10.1. The molecule has 9 heteroatoms. The molecular formula is C15H23N3O5S. The largest absolute Gasteiger partial charge is 0.481 e. The number of hydrogen-bond acceptors (Lipinski definition) is 8. The number of thioether (sulfide) groups is 1. The Morgan fingerprint density at radius 1 is 1.08 bits per heavy atom. The molecule has 1 amide bonds. The fourth-order valence-electron chi connectivity index (χ4n) is 1.78. The molecule has 1 aromatic rings. The Bertz CT molecular complexity index is 560. The van der Waals surface area contributed by atoms with Crippen LogP contribution in [0.1, 0.15) is 20.8 Å². The predicted octanol–water partition coefficient (Wildman–Crippen LogP) is 1.29. The Morgan fingerprint density at radius 2 is 1.62 bits per heavy atom. The molecule has 8 nitrogen and oxygen atoms in total. The maximum Gasteiger partial charge on any atom is 0.328 e. The van der Waals surface area contributed by atoms with Gasteiger partial charge in [-0.1, -0.05) is 25.6 Å². The number of methoxy groups -OCH3 is 3. The second-order valence-electron chi connectivity index (χ2n) is 5.27. The first-order chi connectivity index (χ1) is 11.3. The fourth-order valence-corrected chi connectivity index (χ4v) is 2.74. The summed E-state index contributed by atoms with van der Waals surface area (Å²) in [6.45, 7) is 5.37. The van der Waals surface area contributed by atoms with Gasteiger partial charge < -0.3 is 19.5 Å². The molecule has 0 aromatic carbocycles. The van der Waals surface area contributed by atoms with E-state index in [-0.39, 0.29) is 11.8 Å². The van der Waals surface area contributed by atoms with Gasteiger partial charge >= 0.3 is 5.97 Å². The summed E-state index contributed by atoms with van der Waals surface area (Å²) >= 11 is 1.18. The lowest BCUT2D eigenvalue weighted by Crippen LogP contribution is -2.44. The second kappa shape index (κ2) is 9.31. The van der Waals surface area contributed by atoms with Crippen LogP contribution in [0.25, 0.3) is 0 Å². The summed E-state index contributed by atoms with van der Waals surface area (Å²) in [5.74, 6) is -0.125. The predicted molar refractivity (Wildman–Crippen MR) is 89.2 cm³/mol. The minimum absolute atomic E-state index is 0.0133. The van der Waals surface area contributed by atoms with Gasteiger partial charge in [0.2, 0.25) is 17.7 Å². The molecule has 0 saturated heterocycles. The fraction of sp³-hybridized carbons (Fsp3) is 0.600. The molecular weight excluding hydrogens is 334 g/mol. The van der Waals surface area contributed by atoms with Crippen molar-refractivity contribution in [2.24, 2.45) is 5.92 Å². The zero-order chi connectivity index (χ0) is 18.3. The molecule has 0 spiro atoms. The van der Waals surface area contributed by atoms with Gasteiger partial charge in [0.25, 0.3) is 0 Å². The number of esters is 1. The number of aromatic nitrogens is 2. The van der Waals surface area contributed by atoms with Crippen LogP contribution in [0.4, 0.5) is 0 Å². The molecule has 2 atom stereocenters. The van der Waals surface area contributed by atoms with Crippen LogP contribution in [0.2, 0.25) is 0 Å². The van der Waals surface area contributed by atoms with Crippen molar-refractivity contribution in [3.05, 3.63) is 6.07 Å². The monoisotopic (exact) mass is 357 g/mol. The first kappa shape index (κ1) is 20.0. The van der Waals surface area contributed by atoms with Crippen molar-refractivity contribution in [3.8, 4) is 11.8 Å². The number of hydrogen-bond donors (Lipinski definition) is 1. The van der Waals surface area contributed by atoms with Crippen molar-refractivity contribution in [1.82, 2.24) is 15.3 Å². The average Bonchev–Trinajstić information content (AvgIpc) is 2.57. The van der Waals surface area contributed by atoms with Crippen LogP contribution < -0.4 is 14.8 Å². The first-order valence-electron chi connectivity index (χ1n) is 7.34. The number of rotatable bonds is 8. The van der Waals surface area contributed by atoms with Crippen molar-refractivity contribution in [1.29, 1.82) is 0 Å². The number of carbonyl (C=O) groups is 2. The van der Waals surface area contributed by atoms with E-state index in [1.54, 1.807) is 13.0 Å². The van der Waals surface area contributed by atoms with Crippen LogP contribution in [-0.4, -0.2) is 54.5 Å².